The topological polar surface area (TPSA) is 15.3 Å². The van der Waals surface area contributed by atoms with Crippen molar-refractivity contribution in [3.63, 3.8) is 0 Å². The van der Waals surface area contributed by atoms with Crippen LogP contribution in [0.5, 0.6) is 0 Å². The molecule has 1 heterocycles. The summed E-state index contributed by atoms with van der Waals surface area (Å²) in [6.07, 6.45) is 11.3. The van der Waals surface area contributed by atoms with Crippen LogP contribution in [0.1, 0.15) is 58.3 Å². The van der Waals surface area contributed by atoms with Crippen molar-refractivity contribution < 1.29 is 0 Å². The van der Waals surface area contributed by atoms with Crippen molar-refractivity contribution in [2.75, 3.05) is 20.1 Å². The molecule has 2 heteroatoms. The summed E-state index contributed by atoms with van der Waals surface area (Å²) in [6, 6.07) is 1.60. The van der Waals surface area contributed by atoms with Crippen LogP contribution in [0.15, 0.2) is 0 Å². The standard InChI is InChI=1S/C15H30N2/c1-3-13-8-4-5-10-15(13)16-12-14-9-6-7-11-17(14)2/h13-16H,3-12H2,1-2H3. The Labute approximate surface area is 107 Å². The van der Waals surface area contributed by atoms with Crippen molar-refractivity contribution in [2.24, 2.45) is 5.92 Å². The van der Waals surface area contributed by atoms with Crippen LogP contribution in [0.3, 0.4) is 0 Å². The highest BCUT2D eigenvalue weighted by Crippen LogP contribution is 2.27. The Kier molecular flexibility index (Phi) is 5.30. The van der Waals surface area contributed by atoms with Gasteiger partial charge in [-0.1, -0.05) is 32.6 Å². The molecule has 3 unspecified atom stereocenters. The predicted octanol–water partition coefficient (Wildman–Crippen LogP) is 3.03. The number of likely N-dealkylation sites (N-methyl/N-ethyl adjacent to an activating group) is 1. The predicted molar refractivity (Wildman–Crippen MR) is 74.3 cm³/mol. The number of likely N-dealkylation sites (tertiary alicyclic amines) is 1. The molecular weight excluding hydrogens is 208 g/mol. The fourth-order valence-electron chi connectivity index (χ4n) is 3.65. The van der Waals surface area contributed by atoms with Gasteiger partial charge in [0.1, 0.15) is 0 Å². The molecular formula is C15H30N2. The Morgan fingerprint density at radius 1 is 1.06 bits per heavy atom. The van der Waals surface area contributed by atoms with E-state index in [0.29, 0.717) is 0 Å². The van der Waals surface area contributed by atoms with Crippen molar-refractivity contribution in [1.29, 1.82) is 0 Å². The zero-order valence-corrected chi connectivity index (χ0v) is 11.8. The SMILES string of the molecule is CCC1CCCCC1NCC1CCCCN1C. The highest BCUT2D eigenvalue weighted by molar-refractivity contribution is 4.83. The van der Waals surface area contributed by atoms with Gasteiger partial charge in [0, 0.05) is 18.6 Å². The minimum Gasteiger partial charge on any atom is -0.312 e. The van der Waals surface area contributed by atoms with Crippen LogP contribution < -0.4 is 5.32 Å². The fraction of sp³-hybridized carbons (Fsp3) is 1.00. The van der Waals surface area contributed by atoms with E-state index in [9.17, 15) is 0 Å². The number of nitrogens with one attached hydrogen (secondary N) is 1. The van der Waals surface area contributed by atoms with Crippen LogP contribution in [0.2, 0.25) is 0 Å². The van der Waals surface area contributed by atoms with Crippen molar-refractivity contribution in [1.82, 2.24) is 10.2 Å². The minimum atomic E-state index is 0.795. The van der Waals surface area contributed by atoms with Crippen molar-refractivity contribution in [3.05, 3.63) is 0 Å². The molecule has 0 aromatic rings. The number of rotatable bonds is 4. The zero-order chi connectivity index (χ0) is 12.1. The van der Waals surface area contributed by atoms with E-state index in [2.05, 4.69) is 24.2 Å². The third-order valence-electron chi connectivity index (χ3n) is 4.97. The Hall–Kier alpha value is -0.0800. The summed E-state index contributed by atoms with van der Waals surface area (Å²) in [5.41, 5.74) is 0. The molecule has 0 amide bonds. The lowest BCUT2D eigenvalue weighted by Gasteiger charge is -2.37. The van der Waals surface area contributed by atoms with E-state index in [0.717, 1.165) is 18.0 Å². The number of hydrogen-bond acceptors (Lipinski definition) is 2. The number of nitrogens with zero attached hydrogens (tertiary/aromatic N) is 1. The monoisotopic (exact) mass is 238 g/mol. The summed E-state index contributed by atoms with van der Waals surface area (Å²) in [7, 11) is 2.30. The first-order valence-corrected chi connectivity index (χ1v) is 7.75. The smallest absolute Gasteiger partial charge is 0.0217 e. The normalized spacial score (nSPS) is 36.0. The van der Waals surface area contributed by atoms with Crippen molar-refractivity contribution >= 4 is 0 Å². The second kappa shape index (κ2) is 6.75. The average Bonchev–Trinajstić information content (AvgIpc) is 2.38. The van der Waals surface area contributed by atoms with E-state index in [4.69, 9.17) is 0 Å². The van der Waals surface area contributed by atoms with Gasteiger partial charge in [0.2, 0.25) is 0 Å². The van der Waals surface area contributed by atoms with E-state index >= 15 is 0 Å². The molecule has 1 aliphatic heterocycles. The van der Waals surface area contributed by atoms with E-state index in [-0.39, 0.29) is 0 Å². The molecule has 1 N–H and O–H groups in total. The molecule has 2 fully saturated rings. The second-order valence-corrected chi connectivity index (χ2v) is 6.10. The molecule has 0 aromatic carbocycles. The molecule has 1 aliphatic carbocycles. The molecule has 2 nitrogen and oxygen atoms in total. The molecule has 0 bridgehead atoms. The van der Waals surface area contributed by atoms with Gasteiger partial charge in [0.05, 0.1) is 0 Å². The van der Waals surface area contributed by atoms with Gasteiger partial charge in [0.15, 0.2) is 0 Å². The molecule has 2 rings (SSSR count). The molecule has 1 saturated heterocycles. The average molecular weight is 238 g/mol. The molecule has 17 heavy (non-hydrogen) atoms. The van der Waals surface area contributed by atoms with E-state index < -0.39 is 0 Å². The highest BCUT2D eigenvalue weighted by atomic mass is 15.2. The summed E-state index contributed by atoms with van der Waals surface area (Å²) in [5.74, 6) is 0.942. The highest BCUT2D eigenvalue weighted by Gasteiger charge is 2.25. The second-order valence-electron chi connectivity index (χ2n) is 6.10. The lowest BCUT2D eigenvalue weighted by Crippen LogP contribution is -2.48. The van der Waals surface area contributed by atoms with Gasteiger partial charge in [-0.3, -0.25) is 0 Å². The third-order valence-corrected chi connectivity index (χ3v) is 4.97. The Bertz CT molecular complexity index is 217. The molecule has 2 aliphatic rings. The Morgan fingerprint density at radius 2 is 1.82 bits per heavy atom. The molecule has 3 atom stereocenters. The first-order valence-electron chi connectivity index (χ1n) is 7.75. The van der Waals surface area contributed by atoms with Crippen LogP contribution in [0.25, 0.3) is 0 Å². The van der Waals surface area contributed by atoms with Crippen LogP contribution in [-0.2, 0) is 0 Å². The quantitative estimate of drug-likeness (QED) is 0.810. The first kappa shape index (κ1) is 13.4. The van der Waals surface area contributed by atoms with Gasteiger partial charge in [0.25, 0.3) is 0 Å². The number of piperidine rings is 1. The number of hydrogen-bond donors (Lipinski definition) is 1. The summed E-state index contributed by atoms with van der Waals surface area (Å²) < 4.78 is 0. The zero-order valence-electron chi connectivity index (χ0n) is 11.8. The summed E-state index contributed by atoms with van der Waals surface area (Å²) in [5, 5.41) is 3.88. The van der Waals surface area contributed by atoms with E-state index in [1.165, 1.54) is 64.5 Å². The third kappa shape index (κ3) is 3.69. The van der Waals surface area contributed by atoms with Crippen LogP contribution in [0, 0.1) is 5.92 Å². The van der Waals surface area contributed by atoms with Gasteiger partial charge in [-0.2, -0.15) is 0 Å². The molecule has 100 valence electrons. The lowest BCUT2D eigenvalue weighted by molar-refractivity contribution is 0.164. The molecule has 1 saturated carbocycles. The molecule has 0 spiro atoms. The van der Waals surface area contributed by atoms with Gasteiger partial charge in [-0.05, 0) is 45.2 Å². The van der Waals surface area contributed by atoms with Crippen LogP contribution >= 0.6 is 0 Å². The first-order chi connectivity index (χ1) is 8.31. The largest absolute Gasteiger partial charge is 0.312 e. The molecule has 0 radical (unpaired) electrons. The van der Waals surface area contributed by atoms with E-state index in [1.807, 2.05) is 0 Å². The van der Waals surface area contributed by atoms with Crippen LogP contribution in [-0.4, -0.2) is 37.1 Å². The Balaban J connectivity index is 1.75. The summed E-state index contributed by atoms with van der Waals surface area (Å²) >= 11 is 0. The lowest BCUT2D eigenvalue weighted by atomic mass is 9.82. The van der Waals surface area contributed by atoms with Gasteiger partial charge in [-0.25, -0.2) is 0 Å². The summed E-state index contributed by atoms with van der Waals surface area (Å²) in [4.78, 5) is 2.56. The maximum atomic E-state index is 3.88. The molecule has 0 aromatic heterocycles. The minimum absolute atomic E-state index is 0.795. The maximum Gasteiger partial charge on any atom is 0.0217 e. The van der Waals surface area contributed by atoms with Gasteiger partial charge < -0.3 is 10.2 Å². The van der Waals surface area contributed by atoms with Gasteiger partial charge in [-0.15, -0.1) is 0 Å². The summed E-state index contributed by atoms with van der Waals surface area (Å²) in [6.45, 7) is 4.88. The van der Waals surface area contributed by atoms with Crippen LogP contribution in [0.4, 0.5) is 0 Å². The van der Waals surface area contributed by atoms with E-state index in [1.54, 1.807) is 0 Å². The Morgan fingerprint density at radius 3 is 2.59 bits per heavy atom. The van der Waals surface area contributed by atoms with Gasteiger partial charge >= 0.3 is 0 Å². The van der Waals surface area contributed by atoms with Crippen molar-refractivity contribution in [2.45, 2.75) is 70.4 Å². The maximum absolute atomic E-state index is 3.88. The fourth-order valence-corrected chi connectivity index (χ4v) is 3.65. The van der Waals surface area contributed by atoms with Crippen molar-refractivity contribution in [3.8, 4) is 0 Å².